The average Bonchev–Trinajstić information content (AvgIpc) is 3.17. The van der Waals surface area contributed by atoms with Crippen LogP contribution in [0.2, 0.25) is 0 Å². The molecule has 0 aliphatic heterocycles. The second kappa shape index (κ2) is 40.1. The summed E-state index contributed by atoms with van der Waals surface area (Å²) in [6.45, 7) is 4.27. The highest BCUT2D eigenvalue weighted by Crippen LogP contribution is 2.43. The lowest BCUT2D eigenvalue weighted by Gasteiger charge is -2.24. The molecular formula is C48H87NO8P+. The number of phosphoric acid groups is 1. The molecule has 2 atom stereocenters. The van der Waals surface area contributed by atoms with Crippen LogP contribution >= 0.6 is 7.82 Å². The Morgan fingerprint density at radius 3 is 1.48 bits per heavy atom. The van der Waals surface area contributed by atoms with Crippen LogP contribution in [-0.2, 0) is 32.7 Å². The van der Waals surface area contributed by atoms with Gasteiger partial charge < -0.3 is 18.9 Å². The molecule has 0 aliphatic rings. The van der Waals surface area contributed by atoms with Gasteiger partial charge in [-0.15, -0.1) is 0 Å². The fourth-order valence-corrected chi connectivity index (χ4v) is 6.68. The van der Waals surface area contributed by atoms with Crippen molar-refractivity contribution in [3.05, 3.63) is 60.8 Å². The second-order valence-corrected chi connectivity index (χ2v) is 17.9. The normalized spacial score (nSPS) is 14.1. The van der Waals surface area contributed by atoms with E-state index in [-0.39, 0.29) is 26.1 Å². The maximum absolute atomic E-state index is 12.7. The predicted molar refractivity (Wildman–Crippen MR) is 243 cm³/mol. The Kier molecular flexibility index (Phi) is 38.5. The number of rotatable bonds is 41. The van der Waals surface area contributed by atoms with E-state index in [4.69, 9.17) is 18.5 Å². The molecule has 336 valence electrons. The van der Waals surface area contributed by atoms with Gasteiger partial charge in [-0.25, -0.2) is 4.57 Å². The summed E-state index contributed by atoms with van der Waals surface area (Å²) in [5, 5.41) is 0. The van der Waals surface area contributed by atoms with Crippen LogP contribution in [0.5, 0.6) is 0 Å². The van der Waals surface area contributed by atoms with Crippen molar-refractivity contribution in [2.24, 2.45) is 0 Å². The van der Waals surface area contributed by atoms with E-state index in [2.05, 4.69) is 74.6 Å². The monoisotopic (exact) mass is 837 g/mol. The van der Waals surface area contributed by atoms with Crippen LogP contribution < -0.4 is 0 Å². The highest BCUT2D eigenvalue weighted by atomic mass is 31.2. The molecule has 0 spiro atoms. The molecule has 0 bridgehead atoms. The Balaban J connectivity index is 4.39. The van der Waals surface area contributed by atoms with Gasteiger partial charge in [-0.2, -0.15) is 0 Å². The van der Waals surface area contributed by atoms with Crippen molar-refractivity contribution < 1.29 is 42.1 Å². The third-order valence-corrected chi connectivity index (χ3v) is 10.5. The molecular weight excluding hydrogens is 750 g/mol. The minimum atomic E-state index is -4.39. The van der Waals surface area contributed by atoms with Crippen LogP contribution in [0.4, 0.5) is 0 Å². The van der Waals surface area contributed by atoms with Crippen molar-refractivity contribution in [3.8, 4) is 0 Å². The third kappa shape index (κ3) is 43.3. The molecule has 58 heavy (non-hydrogen) atoms. The first-order valence-corrected chi connectivity index (χ1v) is 24.5. The van der Waals surface area contributed by atoms with E-state index in [9.17, 15) is 19.0 Å². The zero-order chi connectivity index (χ0) is 42.8. The molecule has 0 heterocycles. The number of hydrogen-bond donors (Lipinski definition) is 1. The van der Waals surface area contributed by atoms with Crippen molar-refractivity contribution in [2.45, 2.75) is 187 Å². The van der Waals surface area contributed by atoms with Crippen molar-refractivity contribution in [1.82, 2.24) is 0 Å². The van der Waals surface area contributed by atoms with Gasteiger partial charge in [-0.3, -0.25) is 18.6 Å². The van der Waals surface area contributed by atoms with Crippen molar-refractivity contribution in [3.63, 3.8) is 0 Å². The first-order valence-electron chi connectivity index (χ1n) is 23.0. The van der Waals surface area contributed by atoms with Gasteiger partial charge in [-0.1, -0.05) is 152 Å². The minimum Gasteiger partial charge on any atom is -0.462 e. The molecule has 0 aliphatic carbocycles. The SMILES string of the molecule is CC/C=C\C/C=C\C/C=C\C/C=C\CCCCCCC(=O)OC[C@H](COP(=O)(O)OCC[N+](C)(C)C)OC(=O)CCCCCCCCC/C=C\CCCCCCCC. The van der Waals surface area contributed by atoms with Crippen LogP contribution in [0, 0.1) is 0 Å². The average molecular weight is 837 g/mol. The molecule has 1 unspecified atom stereocenters. The summed E-state index contributed by atoms with van der Waals surface area (Å²) >= 11 is 0. The molecule has 0 aromatic carbocycles. The number of quaternary nitrogens is 1. The Morgan fingerprint density at radius 2 is 0.983 bits per heavy atom. The number of unbranched alkanes of at least 4 members (excludes halogenated alkanes) is 17. The summed E-state index contributed by atoms with van der Waals surface area (Å²) in [5.74, 6) is -0.833. The summed E-state index contributed by atoms with van der Waals surface area (Å²) in [6, 6.07) is 0. The fraction of sp³-hybridized carbons (Fsp3) is 0.750. The van der Waals surface area contributed by atoms with Crippen LogP contribution in [0.25, 0.3) is 0 Å². The van der Waals surface area contributed by atoms with Gasteiger partial charge in [0, 0.05) is 12.8 Å². The predicted octanol–water partition coefficient (Wildman–Crippen LogP) is 13.2. The van der Waals surface area contributed by atoms with E-state index in [1.54, 1.807) is 0 Å². The molecule has 9 nitrogen and oxygen atoms in total. The van der Waals surface area contributed by atoms with Crippen molar-refractivity contribution in [1.29, 1.82) is 0 Å². The van der Waals surface area contributed by atoms with Crippen molar-refractivity contribution >= 4 is 19.8 Å². The first kappa shape index (κ1) is 55.7. The minimum absolute atomic E-state index is 0.0243. The van der Waals surface area contributed by atoms with Gasteiger partial charge in [0.25, 0.3) is 0 Å². The maximum atomic E-state index is 12.7. The van der Waals surface area contributed by atoms with Gasteiger partial charge >= 0.3 is 19.8 Å². The molecule has 0 aromatic heterocycles. The van der Waals surface area contributed by atoms with Gasteiger partial charge in [0.15, 0.2) is 6.10 Å². The summed E-state index contributed by atoms with van der Waals surface area (Å²) < 4.78 is 34.3. The Bertz CT molecular complexity index is 1170. The number of hydrogen-bond acceptors (Lipinski definition) is 7. The number of carbonyl (C=O) groups is 2. The first-order chi connectivity index (χ1) is 28.0. The van der Waals surface area contributed by atoms with E-state index in [1.807, 2.05) is 21.1 Å². The fourth-order valence-electron chi connectivity index (χ4n) is 5.94. The number of allylic oxidation sites excluding steroid dienone is 10. The number of phosphoric ester groups is 1. The smallest absolute Gasteiger partial charge is 0.462 e. The van der Waals surface area contributed by atoms with Gasteiger partial charge in [0.2, 0.25) is 0 Å². The topological polar surface area (TPSA) is 108 Å². The number of nitrogens with zero attached hydrogens (tertiary/aromatic N) is 1. The standard InChI is InChI=1S/C48H86NO8P/c1-6-8-10-12-14-16-18-20-22-24-26-28-30-32-34-36-38-40-47(50)54-44-46(45-56-58(52,53)55-43-42-49(3,4)5)57-48(51)41-39-37-35-33-31-29-27-25-23-21-19-17-15-13-11-9-7-2/h8,10,14,16,20-23,26,28,46H,6-7,9,11-13,15,17-19,24-25,27,29-45H2,1-5H3/p+1/b10-8-,16-14-,22-20-,23-21-,28-26-/t46-/m1/s1. The summed E-state index contributed by atoms with van der Waals surface area (Å²) in [4.78, 5) is 35.4. The lowest BCUT2D eigenvalue weighted by molar-refractivity contribution is -0.870. The van der Waals surface area contributed by atoms with E-state index < -0.39 is 32.5 Å². The van der Waals surface area contributed by atoms with Gasteiger partial charge in [0.1, 0.15) is 19.8 Å². The molecule has 0 fully saturated rings. The van der Waals surface area contributed by atoms with Gasteiger partial charge in [0.05, 0.1) is 27.7 Å². The second-order valence-electron chi connectivity index (χ2n) is 16.4. The highest BCUT2D eigenvalue weighted by molar-refractivity contribution is 7.47. The van der Waals surface area contributed by atoms with E-state index in [0.29, 0.717) is 23.9 Å². The number of esters is 2. The lowest BCUT2D eigenvalue weighted by Crippen LogP contribution is -2.37. The molecule has 0 amide bonds. The summed E-state index contributed by atoms with van der Waals surface area (Å²) in [6.07, 6.45) is 48.3. The number of carbonyl (C=O) groups excluding carboxylic acids is 2. The summed E-state index contributed by atoms with van der Waals surface area (Å²) in [7, 11) is 1.45. The Hall–Kier alpha value is -2.29. The molecule has 0 saturated heterocycles. The number of likely N-dealkylation sites (N-methyl/N-ethyl adjacent to an activating group) is 1. The van der Waals surface area contributed by atoms with Crippen LogP contribution in [0.15, 0.2) is 60.8 Å². The van der Waals surface area contributed by atoms with Crippen LogP contribution in [0.1, 0.15) is 181 Å². The molecule has 0 saturated carbocycles. The molecule has 1 N–H and O–H groups in total. The van der Waals surface area contributed by atoms with E-state index in [0.717, 1.165) is 77.0 Å². The maximum Gasteiger partial charge on any atom is 0.472 e. The molecule has 0 rings (SSSR count). The van der Waals surface area contributed by atoms with Crippen LogP contribution in [0.3, 0.4) is 0 Å². The third-order valence-electron chi connectivity index (χ3n) is 9.53. The quantitative estimate of drug-likeness (QED) is 0.0213. The molecule has 0 aromatic rings. The molecule has 10 heteroatoms. The zero-order valence-corrected chi connectivity index (χ0v) is 38.7. The lowest BCUT2D eigenvalue weighted by atomic mass is 10.1. The van der Waals surface area contributed by atoms with Crippen LogP contribution in [-0.4, -0.2) is 74.9 Å². The zero-order valence-electron chi connectivity index (χ0n) is 37.8. The van der Waals surface area contributed by atoms with E-state index in [1.165, 1.54) is 64.2 Å². The largest absolute Gasteiger partial charge is 0.472 e. The summed E-state index contributed by atoms with van der Waals surface area (Å²) in [5.41, 5.74) is 0. The Morgan fingerprint density at radius 1 is 0.552 bits per heavy atom. The molecule has 0 radical (unpaired) electrons. The van der Waals surface area contributed by atoms with E-state index >= 15 is 0 Å². The Labute approximate surface area is 356 Å². The van der Waals surface area contributed by atoms with Crippen molar-refractivity contribution in [2.75, 3.05) is 47.5 Å². The number of ether oxygens (including phenoxy) is 2. The highest BCUT2D eigenvalue weighted by Gasteiger charge is 2.27. The van der Waals surface area contributed by atoms with Gasteiger partial charge in [-0.05, 0) is 77.0 Å².